The van der Waals surface area contributed by atoms with Crippen LogP contribution in [-0.2, 0) is 6.54 Å². The molecule has 0 aliphatic rings. The fourth-order valence-corrected chi connectivity index (χ4v) is 1.42. The Morgan fingerprint density at radius 2 is 2.38 bits per heavy atom. The number of fused-ring (bicyclic) bond motifs is 1. The van der Waals surface area contributed by atoms with Gasteiger partial charge in [0.25, 0.3) is 0 Å². The molecule has 68 valence electrons. The minimum absolute atomic E-state index is 0.275. The fourth-order valence-electron chi connectivity index (χ4n) is 1.42. The molecule has 0 saturated carbocycles. The first-order chi connectivity index (χ1) is 6.33. The van der Waals surface area contributed by atoms with Crippen LogP contribution in [0.2, 0.25) is 0 Å². The topological polar surface area (TPSA) is 60.9 Å². The Morgan fingerprint density at radius 1 is 1.54 bits per heavy atom. The van der Waals surface area contributed by atoms with Gasteiger partial charge in [-0.1, -0.05) is 6.07 Å². The van der Waals surface area contributed by atoms with Gasteiger partial charge in [0, 0.05) is 6.54 Å². The summed E-state index contributed by atoms with van der Waals surface area (Å²) in [6.07, 6.45) is 0. The highest BCUT2D eigenvalue weighted by atomic mass is 16.3. The summed E-state index contributed by atoms with van der Waals surface area (Å²) in [6.45, 7) is 0.675. The normalized spacial score (nSPS) is 10.8. The van der Waals surface area contributed by atoms with Gasteiger partial charge in [0.15, 0.2) is 0 Å². The quantitative estimate of drug-likeness (QED) is 0.641. The van der Waals surface area contributed by atoms with Crippen LogP contribution in [0.4, 0.5) is 0 Å². The third kappa shape index (κ3) is 1.25. The van der Waals surface area contributed by atoms with Gasteiger partial charge >= 0.3 is 0 Å². The number of rotatable bonds is 2. The molecule has 1 aromatic heterocycles. The zero-order chi connectivity index (χ0) is 9.26. The van der Waals surface area contributed by atoms with Crippen molar-refractivity contribution in [3.8, 4) is 5.75 Å². The second kappa shape index (κ2) is 3.06. The number of phenolic OH excluding ortho intramolecular Hbond substituents is 1. The SMILES string of the molecule is CNCc1[nH]nc2cccc(O)c12. The predicted octanol–water partition coefficient (Wildman–Crippen LogP) is 0.988. The van der Waals surface area contributed by atoms with Crippen molar-refractivity contribution < 1.29 is 5.11 Å². The Kier molecular flexibility index (Phi) is 1.90. The molecule has 2 rings (SSSR count). The van der Waals surface area contributed by atoms with Crippen molar-refractivity contribution in [2.24, 2.45) is 0 Å². The zero-order valence-corrected chi connectivity index (χ0v) is 7.33. The van der Waals surface area contributed by atoms with Gasteiger partial charge < -0.3 is 10.4 Å². The first kappa shape index (κ1) is 8.07. The van der Waals surface area contributed by atoms with E-state index in [0.717, 1.165) is 16.6 Å². The van der Waals surface area contributed by atoms with E-state index in [4.69, 9.17) is 0 Å². The highest BCUT2D eigenvalue weighted by Crippen LogP contribution is 2.25. The molecular weight excluding hydrogens is 166 g/mol. The molecule has 4 heteroatoms. The number of nitrogens with one attached hydrogen (secondary N) is 2. The summed E-state index contributed by atoms with van der Waals surface area (Å²) in [4.78, 5) is 0. The molecule has 1 heterocycles. The molecule has 1 aromatic carbocycles. The standard InChI is InChI=1S/C9H11N3O/c1-10-5-7-9-6(11-12-7)3-2-4-8(9)13/h2-4,10,13H,5H2,1H3,(H,11,12). The van der Waals surface area contributed by atoms with Crippen LogP contribution < -0.4 is 5.32 Å². The van der Waals surface area contributed by atoms with Crippen LogP contribution in [0.1, 0.15) is 5.69 Å². The lowest BCUT2D eigenvalue weighted by Gasteiger charge is -1.97. The van der Waals surface area contributed by atoms with E-state index < -0.39 is 0 Å². The van der Waals surface area contributed by atoms with Crippen molar-refractivity contribution in [1.29, 1.82) is 0 Å². The summed E-state index contributed by atoms with van der Waals surface area (Å²) in [7, 11) is 1.85. The lowest BCUT2D eigenvalue weighted by Crippen LogP contribution is -2.05. The highest BCUT2D eigenvalue weighted by Gasteiger charge is 2.07. The fraction of sp³-hybridized carbons (Fsp3) is 0.222. The molecule has 13 heavy (non-hydrogen) atoms. The van der Waals surface area contributed by atoms with E-state index in [0.29, 0.717) is 6.54 Å². The van der Waals surface area contributed by atoms with Crippen LogP contribution in [0.3, 0.4) is 0 Å². The van der Waals surface area contributed by atoms with Crippen LogP contribution in [0, 0.1) is 0 Å². The molecule has 0 aliphatic carbocycles. The number of benzene rings is 1. The van der Waals surface area contributed by atoms with Crippen molar-refractivity contribution in [1.82, 2.24) is 15.5 Å². The van der Waals surface area contributed by atoms with Crippen LogP contribution in [0.15, 0.2) is 18.2 Å². The summed E-state index contributed by atoms with van der Waals surface area (Å²) in [5.74, 6) is 0.275. The smallest absolute Gasteiger partial charge is 0.126 e. The minimum Gasteiger partial charge on any atom is -0.507 e. The number of hydrogen-bond acceptors (Lipinski definition) is 3. The van der Waals surface area contributed by atoms with Gasteiger partial charge in [-0.25, -0.2) is 0 Å². The molecule has 0 bridgehead atoms. The molecule has 2 aromatic rings. The number of aromatic hydroxyl groups is 1. The van der Waals surface area contributed by atoms with Gasteiger partial charge in [0.1, 0.15) is 5.75 Å². The minimum atomic E-state index is 0.275. The number of H-pyrrole nitrogens is 1. The first-order valence-corrected chi connectivity index (χ1v) is 4.12. The van der Waals surface area contributed by atoms with Crippen molar-refractivity contribution in [3.63, 3.8) is 0 Å². The molecule has 0 atom stereocenters. The Hall–Kier alpha value is -1.55. The van der Waals surface area contributed by atoms with Crippen LogP contribution >= 0.6 is 0 Å². The second-order valence-corrected chi connectivity index (χ2v) is 2.90. The molecule has 0 fully saturated rings. The highest BCUT2D eigenvalue weighted by molar-refractivity contribution is 5.87. The van der Waals surface area contributed by atoms with E-state index in [1.807, 2.05) is 13.1 Å². The Morgan fingerprint density at radius 3 is 3.15 bits per heavy atom. The predicted molar refractivity (Wildman–Crippen MR) is 50.5 cm³/mol. The molecule has 0 saturated heterocycles. The first-order valence-electron chi connectivity index (χ1n) is 4.12. The van der Waals surface area contributed by atoms with Crippen molar-refractivity contribution in [2.45, 2.75) is 6.54 Å². The van der Waals surface area contributed by atoms with Crippen LogP contribution in [0.25, 0.3) is 10.9 Å². The summed E-state index contributed by atoms with van der Waals surface area (Å²) in [6, 6.07) is 5.31. The van der Waals surface area contributed by atoms with E-state index in [1.165, 1.54) is 0 Å². The number of phenols is 1. The van der Waals surface area contributed by atoms with Gasteiger partial charge in [-0.15, -0.1) is 0 Å². The summed E-state index contributed by atoms with van der Waals surface area (Å²) in [5.41, 5.74) is 1.71. The van der Waals surface area contributed by atoms with Crippen LogP contribution in [0.5, 0.6) is 5.75 Å². The van der Waals surface area contributed by atoms with Gasteiger partial charge in [-0.2, -0.15) is 5.10 Å². The van der Waals surface area contributed by atoms with Crippen molar-refractivity contribution in [3.05, 3.63) is 23.9 Å². The van der Waals surface area contributed by atoms with Gasteiger partial charge in [0.05, 0.1) is 16.6 Å². The average Bonchev–Trinajstić information content (AvgIpc) is 2.51. The summed E-state index contributed by atoms with van der Waals surface area (Å²) in [5, 5.41) is 20.3. The van der Waals surface area contributed by atoms with E-state index >= 15 is 0 Å². The summed E-state index contributed by atoms with van der Waals surface area (Å²) < 4.78 is 0. The van der Waals surface area contributed by atoms with Crippen LogP contribution in [-0.4, -0.2) is 22.4 Å². The Balaban J connectivity index is 2.64. The third-order valence-electron chi connectivity index (χ3n) is 1.99. The molecule has 0 radical (unpaired) electrons. The molecule has 3 N–H and O–H groups in total. The van der Waals surface area contributed by atoms with E-state index in [9.17, 15) is 5.11 Å². The second-order valence-electron chi connectivity index (χ2n) is 2.90. The molecule has 4 nitrogen and oxygen atoms in total. The number of nitrogens with zero attached hydrogens (tertiary/aromatic N) is 1. The van der Waals surface area contributed by atoms with Gasteiger partial charge in [-0.05, 0) is 19.2 Å². The van der Waals surface area contributed by atoms with E-state index in [-0.39, 0.29) is 5.75 Å². The number of aromatic amines is 1. The molecular formula is C9H11N3O. The zero-order valence-electron chi connectivity index (χ0n) is 7.33. The van der Waals surface area contributed by atoms with Gasteiger partial charge in [-0.3, -0.25) is 5.10 Å². The average molecular weight is 177 g/mol. The Bertz CT molecular complexity index is 422. The van der Waals surface area contributed by atoms with Crippen molar-refractivity contribution in [2.75, 3.05) is 7.05 Å². The maximum atomic E-state index is 9.58. The monoisotopic (exact) mass is 177 g/mol. The molecule has 0 aliphatic heterocycles. The van der Waals surface area contributed by atoms with Gasteiger partial charge in [0.2, 0.25) is 0 Å². The molecule has 0 spiro atoms. The number of aromatic nitrogens is 2. The molecule has 0 amide bonds. The maximum absolute atomic E-state index is 9.58. The molecule has 0 unspecified atom stereocenters. The van der Waals surface area contributed by atoms with Crippen molar-refractivity contribution >= 4 is 10.9 Å². The third-order valence-corrected chi connectivity index (χ3v) is 1.99. The lowest BCUT2D eigenvalue weighted by molar-refractivity contribution is 0.481. The summed E-state index contributed by atoms with van der Waals surface area (Å²) >= 11 is 0. The van der Waals surface area contributed by atoms with E-state index in [2.05, 4.69) is 15.5 Å². The Labute approximate surface area is 75.6 Å². The maximum Gasteiger partial charge on any atom is 0.126 e. The largest absolute Gasteiger partial charge is 0.507 e. The van der Waals surface area contributed by atoms with E-state index in [1.54, 1.807) is 12.1 Å². The number of hydrogen-bond donors (Lipinski definition) is 3. The lowest BCUT2D eigenvalue weighted by atomic mass is 10.2.